The summed E-state index contributed by atoms with van der Waals surface area (Å²) in [4.78, 5) is 14.4. The Labute approximate surface area is 109 Å². The van der Waals surface area contributed by atoms with Crippen LogP contribution in [-0.4, -0.2) is 33.2 Å². The quantitative estimate of drug-likeness (QED) is 0.893. The first-order valence-corrected chi connectivity index (χ1v) is 7.00. The molecule has 0 bridgehead atoms. The van der Waals surface area contributed by atoms with E-state index >= 15 is 0 Å². The number of aliphatic hydroxyl groups is 1. The average molecular weight is 264 g/mol. The van der Waals surface area contributed by atoms with E-state index in [-0.39, 0.29) is 11.7 Å². The SMILES string of the molecule is O=c1c2ccccc2sn1CN1CCC(O)CC1. The molecule has 0 spiro atoms. The first-order valence-electron chi connectivity index (χ1n) is 6.23. The minimum absolute atomic E-state index is 0.0988. The first kappa shape index (κ1) is 11.9. The van der Waals surface area contributed by atoms with Gasteiger partial charge in [-0.1, -0.05) is 23.7 Å². The number of nitrogens with zero attached hydrogens (tertiary/aromatic N) is 2. The molecule has 1 saturated heterocycles. The Hall–Kier alpha value is -1.17. The maximum atomic E-state index is 12.2. The number of rotatable bonds is 2. The molecule has 0 amide bonds. The van der Waals surface area contributed by atoms with Crippen LogP contribution in [0.4, 0.5) is 0 Å². The summed E-state index contributed by atoms with van der Waals surface area (Å²) in [6.45, 7) is 2.37. The Morgan fingerprint density at radius 3 is 2.72 bits per heavy atom. The molecule has 1 aromatic heterocycles. The van der Waals surface area contributed by atoms with Gasteiger partial charge in [-0.05, 0) is 25.0 Å². The summed E-state index contributed by atoms with van der Waals surface area (Å²) in [5, 5.41) is 10.3. The van der Waals surface area contributed by atoms with E-state index in [0.29, 0.717) is 6.67 Å². The highest BCUT2D eigenvalue weighted by Gasteiger charge is 2.18. The molecule has 2 aromatic rings. The van der Waals surface area contributed by atoms with Crippen LogP contribution in [0.3, 0.4) is 0 Å². The van der Waals surface area contributed by atoms with Crippen LogP contribution in [0, 0.1) is 0 Å². The van der Waals surface area contributed by atoms with Crippen LogP contribution in [0.1, 0.15) is 12.8 Å². The lowest BCUT2D eigenvalue weighted by molar-refractivity contribution is 0.0695. The largest absolute Gasteiger partial charge is 0.393 e. The van der Waals surface area contributed by atoms with Crippen LogP contribution >= 0.6 is 11.5 Å². The van der Waals surface area contributed by atoms with Crippen molar-refractivity contribution in [1.29, 1.82) is 0 Å². The average Bonchev–Trinajstić information content (AvgIpc) is 2.70. The van der Waals surface area contributed by atoms with Gasteiger partial charge >= 0.3 is 0 Å². The zero-order valence-electron chi connectivity index (χ0n) is 10.1. The first-order chi connectivity index (χ1) is 8.74. The normalized spacial score (nSPS) is 18.5. The molecule has 1 N–H and O–H groups in total. The summed E-state index contributed by atoms with van der Waals surface area (Å²) in [6, 6.07) is 7.72. The number of aromatic nitrogens is 1. The minimum atomic E-state index is -0.166. The molecule has 0 aliphatic carbocycles. The topological polar surface area (TPSA) is 45.5 Å². The zero-order valence-corrected chi connectivity index (χ0v) is 10.9. The summed E-state index contributed by atoms with van der Waals surface area (Å²) in [5.74, 6) is 0. The van der Waals surface area contributed by atoms with Crippen LogP contribution in [-0.2, 0) is 6.67 Å². The Morgan fingerprint density at radius 2 is 2.00 bits per heavy atom. The molecule has 3 rings (SSSR count). The molecule has 4 nitrogen and oxygen atoms in total. The van der Waals surface area contributed by atoms with E-state index in [1.165, 1.54) is 11.5 Å². The molecule has 18 heavy (non-hydrogen) atoms. The molecule has 0 unspecified atom stereocenters. The number of fused-ring (bicyclic) bond motifs is 1. The number of benzene rings is 1. The second kappa shape index (κ2) is 4.84. The van der Waals surface area contributed by atoms with Gasteiger partial charge in [0.1, 0.15) is 0 Å². The third-order valence-electron chi connectivity index (χ3n) is 3.44. The van der Waals surface area contributed by atoms with Gasteiger partial charge in [0.15, 0.2) is 0 Å². The van der Waals surface area contributed by atoms with Crippen LogP contribution in [0.25, 0.3) is 10.1 Å². The van der Waals surface area contributed by atoms with E-state index in [1.807, 2.05) is 28.2 Å². The van der Waals surface area contributed by atoms with Crippen molar-refractivity contribution in [3.63, 3.8) is 0 Å². The molecule has 96 valence electrons. The molecule has 0 radical (unpaired) electrons. The Morgan fingerprint density at radius 1 is 1.28 bits per heavy atom. The van der Waals surface area contributed by atoms with Gasteiger partial charge in [-0.15, -0.1) is 0 Å². The molecule has 1 fully saturated rings. The molecule has 1 aliphatic heterocycles. The predicted molar refractivity (Wildman–Crippen MR) is 72.9 cm³/mol. The highest BCUT2D eigenvalue weighted by molar-refractivity contribution is 7.13. The molecule has 2 heterocycles. The van der Waals surface area contributed by atoms with Gasteiger partial charge in [0.2, 0.25) is 0 Å². The summed E-state index contributed by atoms with van der Waals surface area (Å²) < 4.78 is 2.85. The third kappa shape index (κ3) is 2.21. The number of piperidine rings is 1. The highest BCUT2D eigenvalue weighted by atomic mass is 32.1. The Balaban J connectivity index is 1.82. The van der Waals surface area contributed by atoms with Crippen molar-refractivity contribution in [1.82, 2.24) is 8.86 Å². The van der Waals surface area contributed by atoms with E-state index < -0.39 is 0 Å². The monoisotopic (exact) mass is 264 g/mol. The van der Waals surface area contributed by atoms with Crippen molar-refractivity contribution in [2.75, 3.05) is 13.1 Å². The third-order valence-corrected chi connectivity index (χ3v) is 4.49. The molecule has 1 aromatic carbocycles. The van der Waals surface area contributed by atoms with Gasteiger partial charge in [0.25, 0.3) is 5.56 Å². The van der Waals surface area contributed by atoms with Gasteiger partial charge in [-0.25, -0.2) is 3.96 Å². The number of hydrogen-bond acceptors (Lipinski definition) is 4. The van der Waals surface area contributed by atoms with Crippen LogP contribution < -0.4 is 5.56 Å². The lowest BCUT2D eigenvalue weighted by Crippen LogP contribution is -2.38. The molecular formula is C13H16N2O2S. The maximum absolute atomic E-state index is 12.2. The van der Waals surface area contributed by atoms with Gasteiger partial charge in [0, 0.05) is 13.1 Å². The summed E-state index contributed by atoms with van der Waals surface area (Å²) in [7, 11) is 0. The van der Waals surface area contributed by atoms with Crippen molar-refractivity contribution < 1.29 is 5.11 Å². The number of aliphatic hydroxyl groups excluding tert-OH is 1. The molecular weight excluding hydrogens is 248 g/mol. The molecule has 5 heteroatoms. The van der Waals surface area contributed by atoms with Gasteiger partial charge in [0.05, 0.1) is 22.9 Å². The summed E-state index contributed by atoms with van der Waals surface area (Å²) in [6.07, 6.45) is 1.44. The maximum Gasteiger partial charge on any atom is 0.269 e. The highest BCUT2D eigenvalue weighted by Crippen LogP contribution is 2.17. The minimum Gasteiger partial charge on any atom is -0.393 e. The second-order valence-corrected chi connectivity index (χ2v) is 5.82. The van der Waals surface area contributed by atoms with E-state index in [0.717, 1.165) is 36.0 Å². The zero-order chi connectivity index (χ0) is 12.5. The van der Waals surface area contributed by atoms with Crippen molar-refractivity contribution in [2.45, 2.75) is 25.6 Å². The predicted octanol–water partition coefficient (Wildman–Crippen LogP) is 1.48. The van der Waals surface area contributed by atoms with E-state index in [9.17, 15) is 9.90 Å². The van der Waals surface area contributed by atoms with E-state index in [2.05, 4.69) is 4.90 Å². The van der Waals surface area contributed by atoms with Crippen molar-refractivity contribution in [3.05, 3.63) is 34.6 Å². The fourth-order valence-corrected chi connectivity index (χ4v) is 3.39. The number of hydrogen-bond donors (Lipinski definition) is 1. The van der Waals surface area contributed by atoms with Crippen LogP contribution in [0.15, 0.2) is 29.1 Å². The fraction of sp³-hybridized carbons (Fsp3) is 0.462. The lowest BCUT2D eigenvalue weighted by Gasteiger charge is -2.28. The fourth-order valence-electron chi connectivity index (χ4n) is 2.35. The van der Waals surface area contributed by atoms with Crippen molar-refractivity contribution in [3.8, 4) is 0 Å². The summed E-state index contributed by atoms with van der Waals surface area (Å²) in [5.41, 5.74) is 0.0988. The van der Waals surface area contributed by atoms with Gasteiger partial charge in [-0.3, -0.25) is 9.69 Å². The van der Waals surface area contributed by atoms with E-state index in [1.54, 1.807) is 0 Å². The Kier molecular flexibility index (Phi) is 3.20. The summed E-state index contributed by atoms with van der Waals surface area (Å²) >= 11 is 1.52. The molecule has 0 saturated carbocycles. The molecule has 0 atom stereocenters. The van der Waals surface area contributed by atoms with Gasteiger partial charge in [-0.2, -0.15) is 0 Å². The number of likely N-dealkylation sites (tertiary alicyclic amines) is 1. The van der Waals surface area contributed by atoms with Crippen molar-refractivity contribution in [2.24, 2.45) is 0 Å². The van der Waals surface area contributed by atoms with Crippen molar-refractivity contribution >= 4 is 21.6 Å². The van der Waals surface area contributed by atoms with Crippen LogP contribution in [0.2, 0.25) is 0 Å². The van der Waals surface area contributed by atoms with Gasteiger partial charge < -0.3 is 5.11 Å². The standard InChI is InChI=1S/C13H16N2O2S/c16-10-5-7-14(8-6-10)9-15-13(17)11-3-1-2-4-12(11)18-15/h1-4,10,16H,5-9H2. The molecule has 1 aliphatic rings. The second-order valence-electron chi connectivity index (χ2n) is 4.76. The lowest BCUT2D eigenvalue weighted by atomic mass is 10.1. The van der Waals surface area contributed by atoms with E-state index in [4.69, 9.17) is 0 Å². The smallest absolute Gasteiger partial charge is 0.269 e. The van der Waals surface area contributed by atoms with Crippen LogP contribution in [0.5, 0.6) is 0 Å². The Bertz CT molecular complexity index is 596.